The van der Waals surface area contributed by atoms with Gasteiger partial charge in [-0.25, -0.2) is 0 Å². The van der Waals surface area contributed by atoms with E-state index < -0.39 is 6.61 Å². The molecule has 2 rings (SSSR count). The Bertz CT molecular complexity index is 803. The van der Waals surface area contributed by atoms with Gasteiger partial charge in [-0.15, -0.1) is 0 Å². The minimum Gasteiger partial charge on any atom is -0.490 e. The van der Waals surface area contributed by atoms with Gasteiger partial charge in [0.05, 0.1) is 19.2 Å². The van der Waals surface area contributed by atoms with Gasteiger partial charge >= 0.3 is 6.61 Å². The van der Waals surface area contributed by atoms with Gasteiger partial charge in [0.1, 0.15) is 0 Å². The van der Waals surface area contributed by atoms with E-state index in [4.69, 9.17) is 4.74 Å². The molecule has 0 fully saturated rings. The lowest BCUT2D eigenvalue weighted by molar-refractivity contribution is -0.122. The first kappa shape index (κ1) is 23.1. The highest BCUT2D eigenvalue weighted by atomic mass is 79.9. The van der Waals surface area contributed by atoms with Crippen molar-refractivity contribution in [2.75, 3.05) is 20.2 Å². The Kier molecular flexibility index (Phi) is 8.85. The van der Waals surface area contributed by atoms with Gasteiger partial charge in [0.2, 0.25) is 5.91 Å². The van der Waals surface area contributed by atoms with E-state index in [1.54, 1.807) is 19.1 Å². The largest absolute Gasteiger partial charge is 0.490 e. The Morgan fingerprint density at radius 3 is 2.48 bits per heavy atom. The molecule has 1 amide bonds. The molecule has 1 atom stereocenters. The van der Waals surface area contributed by atoms with E-state index in [1.165, 1.54) is 6.07 Å². The molecule has 0 heterocycles. The molecule has 8 heteroatoms. The number of amides is 1. The summed E-state index contributed by atoms with van der Waals surface area (Å²) in [6.07, 6.45) is 0. The van der Waals surface area contributed by atoms with Crippen LogP contribution >= 0.6 is 15.9 Å². The van der Waals surface area contributed by atoms with E-state index in [1.807, 2.05) is 43.1 Å². The summed E-state index contributed by atoms with van der Waals surface area (Å²) in [5, 5.41) is 2.97. The number of ether oxygens (including phenoxy) is 2. The molecular weight excluding hydrogens is 446 g/mol. The molecule has 0 bridgehead atoms. The molecule has 1 N–H and O–H groups in total. The lowest BCUT2D eigenvalue weighted by atomic mass is 10.1. The van der Waals surface area contributed by atoms with Crippen molar-refractivity contribution in [1.29, 1.82) is 0 Å². The predicted octanol–water partition coefficient (Wildman–Crippen LogP) is 4.76. The van der Waals surface area contributed by atoms with E-state index >= 15 is 0 Å². The SMILES string of the molecule is CCOc1cc(CN(C)CC(=O)NC(C)c2ccc(Br)cc2)ccc1OC(F)F. The number of halogens is 3. The van der Waals surface area contributed by atoms with Crippen LogP contribution in [0.3, 0.4) is 0 Å². The Balaban J connectivity index is 1.93. The van der Waals surface area contributed by atoms with E-state index in [-0.39, 0.29) is 30.0 Å². The van der Waals surface area contributed by atoms with Crippen molar-refractivity contribution in [3.05, 3.63) is 58.1 Å². The van der Waals surface area contributed by atoms with Crippen molar-refractivity contribution in [1.82, 2.24) is 10.2 Å². The number of alkyl halides is 2. The summed E-state index contributed by atoms with van der Waals surface area (Å²) in [6.45, 7) is 1.75. The summed E-state index contributed by atoms with van der Waals surface area (Å²) >= 11 is 3.39. The highest BCUT2D eigenvalue weighted by Gasteiger charge is 2.15. The third-order valence-electron chi connectivity index (χ3n) is 4.14. The third-order valence-corrected chi connectivity index (χ3v) is 4.67. The second-order valence-electron chi connectivity index (χ2n) is 6.61. The molecule has 0 radical (unpaired) electrons. The lowest BCUT2D eigenvalue weighted by Crippen LogP contribution is -2.36. The summed E-state index contributed by atoms with van der Waals surface area (Å²) < 4.78 is 35.9. The van der Waals surface area contributed by atoms with Gasteiger partial charge in [-0.2, -0.15) is 8.78 Å². The highest BCUT2D eigenvalue weighted by Crippen LogP contribution is 2.30. The highest BCUT2D eigenvalue weighted by molar-refractivity contribution is 9.10. The lowest BCUT2D eigenvalue weighted by Gasteiger charge is -2.20. The minimum absolute atomic E-state index is 0.00526. The molecule has 0 aliphatic carbocycles. The van der Waals surface area contributed by atoms with Crippen LogP contribution in [0.2, 0.25) is 0 Å². The normalized spacial score (nSPS) is 12.1. The van der Waals surface area contributed by atoms with Crippen LogP contribution in [-0.2, 0) is 11.3 Å². The monoisotopic (exact) mass is 470 g/mol. The zero-order valence-corrected chi connectivity index (χ0v) is 18.2. The standard InChI is InChI=1S/C21H25BrF2N2O3/c1-4-28-19-11-15(5-10-18(19)29-21(23)24)12-26(3)13-20(27)25-14(2)16-6-8-17(22)9-7-16/h5-11,14,21H,4,12-13H2,1-3H3,(H,25,27). The Morgan fingerprint density at radius 2 is 1.86 bits per heavy atom. The molecule has 1 unspecified atom stereocenters. The zero-order valence-electron chi connectivity index (χ0n) is 16.6. The van der Waals surface area contributed by atoms with Crippen molar-refractivity contribution >= 4 is 21.8 Å². The fourth-order valence-electron chi connectivity index (χ4n) is 2.85. The van der Waals surface area contributed by atoms with Gasteiger partial charge in [-0.1, -0.05) is 34.1 Å². The second-order valence-corrected chi connectivity index (χ2v) is 7.52. The summed E-state index contributed by atoms with van der Waals surface area (Å²) in [4.78, 5) is 14.2. The Labute approximate surface area is 178 Å². The number of rotatable bonds is 10. The molecule has 0 aliphatic rings. The van der Waals surface area contributed by atoms with Crippen LogP contribution in [0.1, 0.15) is 31.0 Å². The second kappa shape index (κ2) is 11.1. The molecule has 0 saturated carbocycles. The summed E-state index contributed by atoms with van der Waals surface area (Å²) in [5.41, 5.74) is 1.84. The maximum Gasteiger partial charge on any atom is 0.387 e. The predicted molar refractivity (Wildman–Crippen MR) is 111 cm³/mol. The van der Waals surface area contributed by atoms with Crippen molar-refractivity contribution in [3.8, 4) is 11.5 Å². The van der Waals surface area contributed by atoms with Crippen molar-refractivity contribution in [3.63, 3.8) is 0 Å². The van der Waals surface area contributed by atoms with Crippen molar-refractivity contribution in [2.45, 2.75) is 33.0 Å². The first-order chi connectivity index (χ1) is 13.8. The van der Waals surface area contributed by atoms with Crippen LogP contribution in [-0.4, -0.2) is 37.6 Å². The maximum atomic E-state index is 12.5. The molecule has 158 valence electrons. The number of carbonyl (C=O) groups excluding carboxylic acids is 1. The zero-order chi connectivity index (χ0) is 21.4. The number of likely N-dealkylation sites (N-methyl/N-ethyl adjacent to an activating group) is 1. The van der Waals surface area contributed by atoms with Crippen LogP contribution in [0.15, 0.2) is 46.9 Å². The number of hydrogen-bond acceptors (Lipinski definition) is 4. The first-order valence-corrected chi connectivity index (χ1v) is 10.0. The number of nitrogens with one attached hydrogen (secondary N) is 1. The summed E-state index contributed by atoms with van der Waals surface area (Å²) in [7, 11) is 1.81. The van der Waals surface area contributed by atoms with Gasteiger partial charge in [-0.05, 0) is 56.3 Å². The fourth-order valence-corrected chi connectivity index (χ4v) is 3.11. The average Bonchev–Trinajstić information content (AvgIpc) is 2.64. The van der Waals surface area contributed by atoms with Crippen LogP contribution in [0, 0.1) is 0 Å². The third kappa shape index (κ3) is 7.62. The number of carbonyl (C=O) groups is 1. The minimum atomic E-state index is -2.92. The van der Waals surface area contributed by atoms with Crippen LogP contribution in [0.25, 0.3) is 0 Å². The number of hydrogen-bond donors (Lipinski definition) is 1. The summed E-state index contributed by atoms with van der Waals surface area (Å²) in [5.74, 6) is 0.145. The van der Waals surface area contributed by atoms with Crippen LogP contribution in [0.5, 0.6) is 11.5 Å². The van der Waals surface area contributed by atoms with E-state index in [2.05, 4.69) is 26.0 Å². The smallest absolute Gasteiger partial charge is 0.387 e. The molecule has 0 aliphatic heterocycles. The van der Waals surface area contributed by atoms with Gasteiger partial charge in [0.25, 0.3) is 0 Å². The van der Waals surface area contributed by atoms with Gasteiger partial charge < -0.3 is 14.8 Å². The molecule has 0 saturated heterocycles. The van der Waals surface area contributed by atoms with Crippen LogP contribution in [0.4, 0.5) is 8.78 Å². The molecule has 2 aromatic carbocycles. The first-order valence-electron chi connectivity index (χ1n) is 9.22. The Morgan fingerprint density at radius 1 is 1.17 bits per heavy atom. The van der Waals surface area contributed by atoms with Gasteiger partial charge in [0.15, 0.2) is 11.5 Å². The van der Waals surface area contributed by atoms with Gasteiger partial charge in [-0.3, -0.25) is 9.69 Å². The van der Waals surface area contributed by atoms with E-state index in [0.29, 0.717) is 13.2 Å². The van der Waals surface area contributed by atoms with E-state index in [0.717, 1.165) is 15.6 Å². The Hall–Kier alpha value is -2.19. The quantitative estimate of drug-likeness (QED) is 0.543. The topological polar surface area (TPSA) is 50.8 Å². The molecule has 29 heavy (non-hydrogen) atoms. The maximum absolute atomic E-state index is 12.5. The number of nitrogens with zero attached hydrogens (tertiary/aromatic N) is 1. The van der Waals surface area contributed by atoms with Gasteiger partial charge in [0, 0.05) is 11.0 Å². The van der Waals surface area contributed by atoms with Crippen molar-refractivity contribution in [2.24, 2.45) is 0 Å². The summed E-state index contributed by atoms with van der Waals surface area (Å²) in [6, 6.07) is 12.4. The average molecular weight is 471 g/mol. The molecule has 0 spiro atoms. The van der Waals surface area contributed by atoms with E-state index in [9.17, 15) is 13.6 Å². The molecule has 5 nitrogen and oxygen atoms in total. The van der Waals surface area contributed by atoms with Crippen molar-refractivity contribution < 1.29 is 23.0 Å². The fraction of sp³-hybridized carbons (Fsp3) is 0.381. The number of benzene rings is 2. The molecule has 0 aromatic heterocycles. The van der Waals surface area contributed by atoms with Crippen LogP contribution < -0.4 is 14.8 Å². The molecule has 2 aromatic rings. The molecular formula is C21H25BrF2N2O3.